The summed E-state index contributed by atoms with van der Waals surface area (Å²) in [7, 11) is 0. The summed E-state index contributed by atoms with van der Waals surface area (Å²) in [4.78, 5) is 5.99. The first-order valence-corrected chi connectivity index (χ1v) is 12.2. The van der Waals surface area contributed by atoms with Gasteiger partial charge in [-0.05, 0) is 25.7 Å². The Morgan fingerprint density at radius 3 is 2.20 bits per heavy atom. The number of thiazole rings is 1. The molecule has 30 heavy (non-hydrogen) atoms. The summed E-state index contributed by atoms with van der Waals surface area (Å²) in [6.45, 7) is 7.03. The largest absolute Gasteiger partial charge is 0.506 e. The third-order valence-corrected chi connectivity index (χ3v) is 6.23. The van der Waals surface area contributed by atoms with Crippen LogP contribution in [0.25, 0.3) is 16.8 Å². The summed E-state index contributed by atoms with van der Waals surface area (Å²) in [5.74, 6) is 0.174. The lowest BCUT2D eigenvalue weighted by molar-refractivity contribution is -0.897. The number of nitriles is 1. The van der Waals surface area contributed by atoms with Crippen LogP contribution in [-0.2, 0) is 0 Å². The molecule has 0 aliphatic rings. The van der Waals surface area contributed by atoms with Crippen molar-refractivity contribution in [3.05, 3.63) is 46.5 Å². The number of aliphatic hydroxyl groups is 1. The quantitative estimate of drug-likeness (QED) is 0.233. The van der Waals surface area contributed by atoms with E-state index in [1.807, 2.05) is 35.7 Å². The van der Waals surface area contributed by atoms with Crippen LogP contribution in [0.4, 0.5) is 0 Å². The number of aliphatic hydroxyl groups excluding tert-OH is 1. The maximum atomic E-state index is 10.8. The van der Waals surface area contributed by atoms with Crippen LogP contribution >= 0.6 is 11.3 Å². The lowest BCUT2D eigenvalue weighted by atomic mass is 10.1. The molecule has 0 bridgehead atoms. The summed E-state index contributed by atoms with van der Waals surface area (Å²) < 4.78 is 0. The van der Waals surface area contributed by atoms with E-state index in [0.717, 1.165) is 24.3 Å². The number of unbranched alkanes of at least 4 members (excludes halogenated alkanes) is 6. The van der Waals surface area contributed by atoms with Gasteiger partial charge in [0.1, 0.15) is 23.2 Å². The molecule has 0 unspecified atom stereocenters. The maximum Gasteiger partial charge on any atom is 0.168 e. The average molecular weight is 427 g/mol. The van der Waals surface area contributed by atoms with Crippen molar-refractivity contribution in [2.24, 2.45) is 0 Å². The van der Waals surface area contributed by atoms with Gasteiger partial charge in [0.15, 0.2) is 5.76 Å². The molecule has 0 saturated heterocycles. The number of rotatable bonds is 14. The Morgan fingerprint density at radius 1 is 1.00 bits per heavy atom. The minimum Gasteiger partial charge on any atom is -0.506 e. The van der Waals surface area contributed by atoms with Crippen molar-refractivity contribution in [1.29, 1.82) is 5.26 Å². The minimum atomic E-state index is 0.174. The summed E-state index contributed by atoms with van der Waals surface area (Å²) in [5, 5.41) is 23.1. The zero-order chi connectivity index (χ0) is 21.6. The van der Waals surface area contributed by atoms with E-state index in [-0.39, 0.29) is 5.76 Å². The van der Waals surface area contributed by atoms with Crippen LogP contribution in [0.15, 0.2) is 41.5 Å². The van der Waals surface area contributed by atoms with Crippen molar-refractivity contribution in [3.8, 4) is 17.3 Å². The number of benzene rings is 1. The third-order valence-electron chi connectivity index (χ3n) is 5.37. The van der Waals surface area contributed by atoms with Gasteiger partial charge in [0.2, 0.25) is 0 Å². The number of allylic oxidation sites excluding steroid dienone is 1. The van der Waals surface area contributed by atoms with Gasteiger partial charge in [0.05, 0.1) is 18.8 Å². The average Bonchev–Trinajstić information content (AvgIpc) is 3.25. The first-order chi connectivity index (χ1) is 14.7. The summed E-state index contributed by atoms with van der Waals surface area (Å²) >= 11 is 1.42. The lowest BCUT2D eigenvalue weighted by Crippen LogP contribution is -3.12. The SMILES string of the molecule is CCCCCC[NH+](CCCCCC)C/C(O)=C(\C#N)c1nc(-c2ccccc2)cs1. The zero-order valence-corrected chi connectivity index (χ0v) is 19.3. The van der Waals surface area contributed by atoms with Crippen molar-refractivity contribution < 1.29 is 10.0 Å². The van der Waals surface area contributed by atoms with Crippen LogP contribution in [0.5, 0.6) is 0 Å². The number of aromatic nitrogens is 1. The number of nitrogens with zero attached hydrogens (tertiary/aromatic N) is 2. The lowest BCUT2D eigenvalue weighted by Gasteiger charge is -2.19. The van der Waals surface area contributed by atoms with Crippen LogP contribution in [-0.4, -0.2) is 29.7 Å². The normalized spacial score (nSPS) is 12.1. The van der Waals surface area contributed by atoms with Crippen LogP contribution in [0.1, 0.15) is 70.2 Å². The van der Waals surface area contributed by atoms with Gasteiger partial charge in [0.25, 0.3) is 0 Å². The Bertz CT molecular complexity index is 795. The van der Waals surface area contributed by atoms with Gasteiger partial charge in [-0.2, -0.15) is 5.26 Å². The molecule has 0 fully saturated rings. The Balaban J connectivity index is 2.09. The molecule has 0 saturated carbocycles. The van der Waals surface area contributed by atoms with Crippen molar-refractivity contribution in [2.45, 2.75) is 65.2 Å². The van der Waals surface area contributed by atoms with Gasteiger partial charge in [-0.15, -0.1) is 11.3 Å². The van der Waals surface area contributed by atoms with Crippen molar-refractivity contribution in [1.82, 2.24) is 4.98 Å². The standard InChI is InChI=1S/C25H35N3OS/c1-3-5-7-12-16-28(17-13-8-6-4-2)19-24(29)22(18-26)25-27-23(20-30-25)21-14-10-9-11-15-21/h9-11,14-15,20,29H,3-8,12-13,16-17,19H2,1-2H3/p+1/b24-22-. The molecule has 1 heterocycles. The molecule has 0 aliphatic heterocycles. The number of hydrogen-bond donors (Lipinski definition) is 2. The molecule has 2 N–H and O–H groups in total. The Hall–Kier alpha value is -2.16. The molecule has 0 atom stereocenters. The summed E-state index contributed by atoms with van der Waals surface area (Å²) in [6, 6.07) is 12.1. The predicted molar refractivity (Wildman–Crippen MR) is 127 cm³/mol. The molecule has 5 heteroatoms. The van der Waals surface area contributed by atoms with Gasteiger partial charge in [-0.1, -0.05) is 69.9 Å². The van der Waals surface area contributed by atoms with E-state index in [2.05, 4.69) is 24.9 Å². The van der Waals surface area contributed by atoms with Gasteiger partial charge < -0.3 is 10.0 Å². The van der Waals surface area contributed by atoms with Crippen molar-refractivity contribution >= 4 is 16.9 Å². The highest BCUT2D eigenvalue weighted by molar-refractivity contribution is 7.11. The van der Waals surface area contributed by atoms with Gasteiger partial charge in [-0.3, -0.25) is 0 Å². The summed E-state index contributed by atoms with van der Waals surface area (Å²) in [6.07, 6.45) is 9.77. The van der Waals surface area contributed by atoms with Gasteiger partial charge in [-0.25, -0.2) is 4.98 Å². The van der Waals surface area contributed by atoms with E-state index in [1.165, 1.54) is 67.6 Å². The second kappa shape index (κ2) is 14.0. The van der Waals surface area contributed by atoms with E-state index >= 15 is 0 Å². The Labute approximate surface area is 185 Å². The maximum absolute atomic E-state index is 10.8. The highest BCUT2D eigenvalue weighted by Crippen LogP contribution is 2.26. The molecular weight excluding hydrogens is 390 g/mol. The van der Waals surface area contributed by atoms with Crippen molar-refractivity contribution in [2.75, 3.05) is 19.6 Å². The van der Waals surface area contributed by atoms with E-state index in [4.69, 9.17) is 0 Å². The molecule has 0 radical (unpaired) electrons. The van der Waals surface area contributed by atoms with E-state index in [0.29, 0.717) is 17.1 Å². The molecule has 4 nitrogen and oxygen atoms in total. The fourth-order valence-electron chi connectivity index (χ4n) is 3.60. The fraction of sp³-hybridized carbons (Fsp3) is 0.520. The Kier molecular flexibility index (Phi) is 11.2. The fourth-order valence-corrected chi connectivity index (χ4v) is 4.44. The number of hydrogen-bond acceptors (Lipinski definition) is 4. The highest BCUT2D eigenvalue weighted by atomic mass is 32.1. The van der Waals surface area contributed by atoms with Crippen LogP contribution in [0.2, 0.25) is 0 Å². The second-order valence-corrected chi connectivity index (χ2v) is 8.74. The smallest absolute Gasteiger partial charge is 0.168 e. The van der Waals surface area contributed by atoms with Gasteiger partial charge >= 0.3 is 0 Å². The monoisotopic (exact) mass is 426 g/mol. The molecule has 2 aromatic rings. The number of quaternary nitrogens is 1. The molecule has 0 aliphatic carbocycles. The van der Waals surface area contributed by atoms with E-state index in [9.17, 15) is 10.4 Å². The molecule has 1 aromatic heterocycles. The van der Waals surface area contributed by atoms with E-state index in [1.54, 1.807) is 0 Å². The molecule has 2 rings (SSSR count). The predicted octanol–water partition coefficient (Wildman–Crippen LogP) is 5.65. The number of nitrogens with one attached hydrogen (secondary N) is 1. The first kappa shape index (κ1) is 24.1. The topological polar surface area (TPSA) is 61.4 Å². The molecular formula is C25H36N3OS+. The molecule has 162 valence electrons. The van der Waals surface area contributed by atoms with Crippen LogP contribution < -0.4 is 4.90 Å². The minimum absolute atomic E-state index is 0.174. The molecule has 0 spiro atoms. The van der Waals surface area contributed by atoms with Gasteiger partial charge in [0, 0.05) is 10.9 Å². The van der Waals surface area contributed by atoms with E-state index < -0.39 is 0 Å². The zero-order valence-electron chi connectivity index (χ0n) is 18.5. The van der Waals surface area contributed by atoms with Crippen molar-refractivity contribution in [3.63, 3.8) is 0 Å². The second-order valence-electron chi connectivity index (χ2n) is 7.89. The highest BCUT2D eigenvalue weighted by Gasteiger charge is 2.18. The van der Waals surface area contributed by atoms with Crippen LogP contribution in [0.3, 0.4) is 0 Å². The third kappa shape index (κ3) is 7.93. The molecule has 1 aromatic carbocycles. The summed E-state index contributed by atoms with van der Waals surface area (Å²) in [5.41, 5.74) is 2.19. The van der Waals surface area contributed by atoms with Crippen LogP contribution in [0, 0.1) is 11.3 Å². The molecule has 0 amide bonds. The first-order valence-electron chi connectivity index (χ1n) is 11.4. The Morgan fingerprint density at radius 2 is 1.63 bits per heavy atom.